The fourth-order valence-corrected chi connectivity index (χ4v) is 4.05. The van der Waals surface area contributed by atoms with Crippen LogP contribution in [0.4, 0.5) is 0 Å². The minimum atomic E-state index is -0.616. The molecule has 0 atom stereocenters. The van der Waals surface area contributed by atoms with Crippen molar-refractivity contribution < 1.29 is 9.59 Å². The predicted octanol–water partition coefficient (Wildman–Crippen LogP) is 1.40. The smallest absolute Gasteiger partial charge is 0.250 e. The van der Waals surface area contributed by atoms with Crippen LogP contribution >= 0.6 is 0 Å². The van der Waals surface area contributed by atoms with E-state index in [2.05, 4.69) is 17.3 Å². The molecule has 0 unspecified atom stereocenters. The third kappa shape index (κ3) is 2.44. The van der Waals surface area contributed by atoms with Crippen molar-refractivity contribution in [3.05, 3.63) is 30.6 Å². The van der Waals surface area contributed by atoms with Crippen molar-refractivity contribution in [1.82, 2.24) is 19.6 Å². The van der Waals surface area contributed by atoms with Gasteiger partial charge in [-0.2, -0.15) is 5.10 Å². The molecular formula is C18H24N4O2. The van der Waals surface area contributed by atoms with Crippen LogP contribution in [0.3, 0.4) is 0 Å². The van der Waals surface area contributed by atoms with Gasteiger partial charge < -0.3 is 9.80 Å². The van der Waals surface area contributed by atoms with Crippen LogP contribution in [0.15, 0.2) is 30.6 Å². The lowest BCUT2D eigenvalue weighted by Crippen LogP contribution is -2.59. The molecule has 1 aliphatic carbocycles. The summed E-state index contributed by atoms with van der Waals surface area (Å²) in [7, 11) is 0. The molecule has 1 aromatic rings. The first-order valence-corrected chi connectivity index (χ1v) is 8.94. The highest BCUT2D eigenvalue weighted by Crippen LogP contribution is 2.34. The number of hydrogen-bond donors (Lipinski definition) is 0. The summed E-state index contributed by atoms with van der Waals surface area (Å²) in [6.45, 7) is 2.96. The van der Waals surface area contributed by atoms with Crippen molar-refractivity contribution in [2.24, 2.45) is 5.92 Å². The zero-order valence-electron chi connectivity index (χ0n) is 13.9. The molecule has 2 amide bonds. The van der Waals surface area contributed by atoms with Gasteiger partial charge in [-0.1, -0.05) is 12.2 Å². The summed E-state index contributed by atoms with van der Waals surface area (Å²) in [5.74, 6) is 0.519. The Balaban J connectivity index is 1.50. The van der Waals surface area contributed by atoms with Gasteiger partial charge in [-0.15, -0.1) is 0 Å². The highest BCUT2D eigenvalue weighted by atomic mass is 16.2. The maximum absolute atomic E-state index is 13.1. The van der Waals surface area contributed by atoms with E-state index in [0.29, 0.717) is 25.9 Å². The van der Waals surface area contributed by atoms with E-state index < -0.39 is 5.54 Å². The molecule has 0 bridgehead atoms. The van der Waals surface area contributed by atoms with Crippen LogP contribution in [-0.4, -0.2) is 57.6 Å². The Hall–Kier alpha value is -2.11. The fourth-order valence-electron chi connectivity index (χ4n) is 4.05. The zero-order chi connectivity index (χ0) is 16.6. The third-order valence-corrected chi connectivity index (χ3v) is 5.74. The standard InChI is InChI=1S/C18H24N4O2/c23-16(15-5-1-2-6-15)20-13-7-18(8-14-20,22-12-3-9-19-22)17(24)21-10-4-11-21/h1-3,9,12,15H,4-8,10-11,13-14H2. The van der Waals surface area contributed by atoms with E-state index in [1.165, 1.54) is 0 Å². The van der Waals surface area contributed by atoms with E-state index >= 15 is 0 Å². The zero-order valence-corrected chi connectivity index (χ0v) is 13.9. The number of allylic oxidation sites excluding steroid dienone is 2. The largest absolute Gasteiger partial charge is 0.342 e. The van der Waals surface area contributed by atoms with Gasteiger partial charge in [-0.3, -0.25) is 14.3 Å². The Bertz CT molecular complexity index is 632. The van der Waals surface area contributed by atoms with Crippen molar-refractivity contribution in [3.8, 4) is 0 Å². The molecule has 2 saturated heterocycles. The van der Waals surface area contributed by atoms with Gasteiger partial charge in [0, 0.05) is 44.5 Å². The van der Waals surface area contributed by atoms with Gasteiger partial charge in [0.15, 0.2) is 0 Å². The number of carbonyl (C=O) groups excluding carboxylic acids is 2. The number of nitrogens with zero attached hydrogens (tertiary/aromatic N) is 4. The van der Waals surface area contributed by atoms with Gasteiger partial charge in [-0.05, 0) is 38.2 Å². The van der Waals surface area contributed by atoms with Crippen LogP contribution in [0.25, 0.3) is 0 Å². The summed E-state index contributed by atoms with van der Waals surface area (Å²) in [4.78, 5) is 29.6. The second-order valence-corrected chi connectivity index (χ2v) is 7.09. The molecule has 4 rings (SSSR count). The quantitative estimate of drug-likeness (QED) is 0.788. The molecule has 6 heteroatoms. The highest BCUT2D eigenvalue weighted by Gasteiger charge is 2.47. The number of piperidine rings is 1. The minimum absolute atomic E-state index is 0.105. The van der Waals surface area contributed by atoms with Gasteiger partial charge in [0.1, 0.15) is 5.54 Å². The molecule has 24 heavy (non-hydrogen) atoms. The van der Waals surface area contributed by atoms with E-state index in [0.717, 1.165) is 32.4 Å². The van der Waals surface area contributed by atoms with Crippen LogP contribution in [0, 0.1) is 5.92 Å². The summed E-state index contributed by atoms with van der Waals surface area (Å²) < 4.78 is 1.83. The molecule has 2 aliphatic heterocycles. The van der Waals surface area contributed by atoms with Gasteiger partial charge in [0.2, 0.25) is 5.91 Å². The number of hydrogen-bond acceptors (Lipinski definition) is 3. The van der Waals surface area contributed by atoms with Crippen LogP contribution in [0.5, 0.6) is 0 Å². The average molecular weight is 328 g/mol. The Morgan fingerprint density at radius 2 is 1.71 bits per heavy atom. The van der Waals surface area contributed by atoms with E-state index in [4.69, 9.17) is 0 Å². The molecule has 0 radical (unpaired) electrons. The van der Waals surface area contributed by atoms with Crippen LogP contribution < -0.4 is 0 Å². The third-order valence-electron chi connectivity index (χ3n) is 5.74. The topological polar surface area (TPSA) is 58.4 Å². The van der Waals surface area contributed by atoms with E-state index in [1.54, 1.807) is 6.20 Å². The summed E-state index contributed by atoms with van der Waals surface area (Å²) >= 11 is 0. The lowest BCUT2D eigenvalue weighted by Gasteiger charge is -2.45. The Labute approximate surface area is 142 Å². The molecule has 2 fully saturated rings. The average Bonchev–Trinajstić information content (AvgIpc) is 3.26. The van der Waals surface area contributed by atoms with E-state index in [9.17, 15) is 9.59 Å². The first-order chi connectivity index (χ1) is 11.7. The Morgan fingerprint density at radius 3 is 2.25 bits per heavy atom. The molecule has 0 spiro atoms. The van der Waals surface area contributed by atoms with Crippen molar-refractivity contribution >= 4 is 11.8 Å². The van der Waals surface area contributed by atoms with Gasteiger partial charge >= 0.3 is 0 Å². The summed E-state index contributed by atoms with van der Waals surface area (Å²) in [5.41, 5.74) is -0.616. The predicted molar refractivity (Wildman–Crippen MR) is 89.1 cm³/mol. The lowest BCUT2D eigenvalue weighted by molar-refractivity contribution is -0.151. The number of aromatic nitrogens is 2. The van der Waals surface area contributed by atoms with Crippen LogP contribution in [-0.2, 0) is 15.1 Å². The number of likely N-dealkylation sites (tertiary alicyclic amines) is 2. The van der Waals surface area contributed by atoms with Gasteiger partial charge in [0.25, 0.3) is 5.91 Å². The number of rotatable bonds is 3. The van der Waals surface area contributed by atoms with Crippen LogP contribution in [0.2, 0.25) is 0 Å². The Kier molecular flexibility index (Phi) is 3.90. The monoisotopic (exact) mass is 328 g/mol. The summed E-state index contributed by atoms with van der Waals surface area (Å²) in [6, 6.07) is 1.87. The first-order valence-electron chi connectivity index (χ1n) is 8.94. The maximum Gasteiger partial charge on any atom is 0.250 e. The van der Waals surface area contributed by atoms with Crippen molar-refractivity contribution in [2.45, 2.75) is 37.6 Å². The fraction of sp³-hybridized carbons (Fsp3) is 0.611. The number of carbonyl (C=O) groups is 2. The molecule has 0 saturated carbocycles. The molecule has 1 aromatic heterocycles. The molecule has 3 aliphatic rings. The van der Waals surface area contributed by atoms with E-state index in [-0.39, 0.29) is 17.7 Å². The van der Waals surface area contributed by atoms with Gasteiger partial charge in [0.05, 0.1) is 0 Å². The van der Waals surface area contributed by atoms with Crippen LogP contribution in [0.1, 0.15) is 32.1 Å². The highest BCUT2D eigenvalue weighted by molar-refractivity contribution is 5.86. The first kappa shape index (κ1) is 15.4. The van der Waals surface area contributed by atoms with Crippen molar-refractivity contribution in [3.63, 3.8) is 0 Å². The maximum atomic E-state index is 13.1. The Morgan fingerprint density at radius 1 is 1.00 bits per heavy atom. The molecule has 128 valence electrons. The lowest BCUT2D eigenvalue weighted by atomic mass is 9.84. The summed E-state index contributed by atoms with van der Waals surface area (Å²) in [5, 5.41) is 4.38. The van der Waals surface area contributed by atoms with E-state index in [1.807, 2.05) is 26.7 Å². The van der Waals surface area contributed by atoms with Crippen molar-refractivity contribution in [1.29, 1.82) is 0 Å². The molecule has 3 heterocycles. The second kappa shape index (κ2) is 6.07. The molecular weight excluding hydrogens is 304 g/mol. The second-order valence-electron chi connectivity index (χ2n) is 7.09. The normalized spacial score (nSPS) is 23.3. The summed E-state index contributed by atoms with van der Waals surface area (Å²) in [6.07, 6.45) is 11.9. The molecule has 6 nitrogen and oxygen atoms in total. The minimum Gasteiger partial charge on any atom is -0.342 e. The molecule has 0 N–H and O–H groups in total. The van der Waals surface area contributed by atoms with Crippen molar-refractivity contribution in [2.75, 3.05) is 26.2 Å². The molecule has 0 aromatic carbocycles. The van der Waals surface area contributed by atoms with Gasteiger partial charge in [-0.25, -0.2) is 0 Å². The number of amides is 2. The SMILES string of the molecule is O=C(C1CC=CC1)N1CCC(C(=O)N2CCC2)(n2cccn2)CC1.